The standard InChI is InChI=1S/C28H38O14/c1-19(2)27(35)41-17-21(29)15-39-25(33)11-9-23(31)37-13-7-5-6-8-14-38-24(32)10-12-26(34)40-16-22(30)18-42-28(36)20(3)4/h9-12,21-22,29-30H,1,3,5-8,13-18H2,2,4H3. The van der Waals surface area contributed by atoms with E-state index in [1.807, 2.05) is 0 Å². The van der Waals surface area contributed by atoms with E-state index in [-0.39, 0.29) is 37.6 Å². The summed E-state index contributed by atoms with van der Waals surface area (Å²) in [5.41, 5.74) is 0.319. The number of carbonyl (C=O) groups is 6. The molecule has 2 atom stereocenters. The maximum atomic E-state index is 11.6. The quantitative estimate of drug-likeness (QED) is 0.0813. The van der Waals surface area contributed by atoms with E-state index in [4.69, 9.17) is 28.4 Å². The monoisotopic (exact) mass is 598 g/mol. The number of ether oxygens (including phenoxy) is 6. The Bertz CT molecular complexity index is 930. The molecule has 0 heterocycles. The van der Waals surface area contributed by atoms with Crippen molar-refractivity contribution >= 4 is 35.8 Å². The highest BCUT2D eigenvalue weighted by Crippen LogP contribution is 2.02. The van der Waals surface area contributed by atoms with Crippen LogP contribution in [0.25, 0.3) is 0 Å². The van der Waals surface area contributed by atoms with Crippen LogP contribution in [0.5, 0.6) is 0 Å². The summed E-state index contributed by atoms with van der Waals surface area (Å²) in [6, 6.07) is 0. The molecule has 14 nitrogen and oxygen atoms in total. The second-order valence-corrected chi connectivity index (χ2v) is 8.74. The van der Waals surface area contributed by atoms with Crippen molar-refractivity contribution in [2.75, 3.05) is 39.6 Å². The van der Waals surface area contributed by atoms with Gasteiger partial charge in [0.1, 0.15) is 38.6 Å². The topological polar surface area (TPSA) is 198 Å². The summed E-state index contributed by atoms with van der Waals surface area (Å²) >= 11 is 0. The van der Waals surface area contributed by atoms with Crippen molar-refractivity contribution in [2.24, 2.45) is 0 Å². The fourth-order valence-electron chi connectivity index (χ4n) is 2.41. The molecule has 0 fully saturated rings. The Morgan fingerprint density at radius 3 is 1.12 bits per heavy atom. The van der Waals surface area contributed by atoms with Crippen molar-refractivity contribution in [2.45, 2.75) is 51.7 Å². The molecule has 0 aliphatic rings. The Morgan fingerprint density at radius 1 is 0.524 bits per heavy atom. The Labute approximate surface area is 243 Å². The molecule has 0 rings (SSSR count). The number of hydrogen-bond donors (Lipinski definition) is 2. The van der Waals surface area contributed by atoms with E-state index in [1.54, 1.807) is 0 Å². The van der Waals surface area contributed by atoms with Crippen LogP contribution >= 0.6 is 0 Å². The summed E-state index contributed by atoms with van der Waals surface area (Å²) in [4.78, 5) is 68.8. The van der Waals surface area contributed by atoms with Crippen molar-refractivity contribution in [1.29, 1.82) is 0 Å². The molecule has 0 bridgehead atoms. The first-order valence-corrected chi connectivity index (χ1v) is 12.9. The minimum absolute atomic E-state index is 0.0979. The summed E-state index contributed by atoms with van der Waals surface area (Å²) < 4.78 is 28.8. The van der Waals surface area contributed by atoms with Crippen LogP contribution < -0.4 is 0 Å². The summed E-state index contributed by atoms with van der Waals surface area (Å²) in [6.07, 6.45) is 3.34. The van der Waals surface area contributed by atoms with Gasteiger partial charge >= 0.3 is 35.8 Å². The largest absolute Gasteiger partial charge is 0.463 e. The van der Waals surface area contributed by atoms with Gasteiger partial charge < -0.3 is 38.6 Å². The second kappa shape index (κ2) is 22.4. The van der Waals surface area contributed by atoms with Gasteiger partial charge in [0.2, 0.25) is 0 Å². The number of aliphatic hydroxyl groups excluding tert-OH is 2. The molecule has 2 unspecified atom stereocenters. The van der Waals surface area contributed by atoms with Gasteiger partial charge in [-0.05, 0) is 39.5 Å². The third-order valence-electron chi connectivity index (χ3n) is 4.58. The zero-order chi connectivity index (χ0) is 31.9. The Hall–Kier alpha value is -4.30. The van der Waals surface area contributed by atoms with Gasteiger partial charge in [0.25, 0.3) is 0 Å². The average Bonchev–Trinajstić information content (AvgIpc) is 2.95. The lowest BCUT2D eigenvalue weighted by atomic mass is 10.2. The molecule has 0 saturated heterocycles. The van der Waals surface area contributed by atoms with E-state index < -0.39 is 61.2 Å². The number of unbranched alkanes of at least 4 members (excludes halogenated alkanes) is 3. The molecule has 234 valence electrons. The van der Waals surface area contributed by atoms with Crippen LogP contribution in [0.1, 0.15) is 39.5 Å². The lowest BCUT2D eigenvalue weighted by molar-refractivity contribution is -0.148. The number of aliphatic hydroxyl groups is 2. The Balaban J connectivity index is 3.86. The zero-order valence-electron chi connectivity index (χ0n) is 23.7. The van der Waals surface area contributed by atoms with E-state index >= 15 is 0 Å². The van der Waals surface area contributed by atoms with Crippen LogP contribution in [0.15, 0.2) is 48.6 Å². The summed E-state index contributed by atoms with van der Waals surface area (Å²) in [6.45, 7) is 8.20. The highest BCUT2D eigenvalue weighted by atomic mass is 16.6. The number of hydrogen-bond acceptors (Lipinski definition) is 14. The molecule has 0 aliphatic carbocycles. The fourth-order valence-corrected chi connectivity index (χ4v) is 2.41. The molecular weight excluding hydrogens is 560 g/mol. The minimum Gasteiger partial charge on any atom is -0.463 e. The fraction of sp³-hybridized carbons (Fsp3) is 0.500. The molecule has 0 amide bonds. The molecule has 2 N–H and O–H groups in total. The molecule has 0 saturated carbocycles. The molecule has 0 spiro atoms. The Morgan fingerprint density at radius 2 is 0.810 bits per heavy atom. The third-order valence-corrected chi connectivity index (χ3v) is 4.58. The third kappa shape index (κ3) is 21.5. The Kier molecular flexibility index (Phi) is 20.1. The molecule has 0 aliphatic heterocycles. The van der Waals surface area contributed by atoms with Crippen LogP contribution in [0.4, 0.5) is 0 Å². The van der Waals surface area contributed by atoms with E-state index in [0.717, 1.165) is 24.3 Å². The highest BCUT2D eigenvalue weighted by molar-refractivity contribution is 5.92. The van der Waals surface area contributed by atoms with Gasteiger partial charge in [0.15, 0.2) is 0 Å². The van der Waals surface area contributed by atoms with Gasteiger partial charge in [-0.3, -0.25) is 0 Å². The first-order chi connectivity index (χ1) is 19.8. The molecule has 0 aromatic heterocycles. The van der Waals surface area contributed by atoms with Crippen LogP contribution in [0.3, 0.4) is 0 Å². The van der Waals surface area contributed by atoms with Crippen molar-refractivity contribution in [1.82, 2.24) is 0 Å². The zero-order valence-corrected chi connectivity index (χ0v) is 23.7. The molecule has 14 heteroatoms. The van der Waals surface area contributed by atoms with Crippen LogP contribution in [0.2, 0.25) is 0 Å². The van der Waals surface area contributed by atoms with E-state index in [2.05, 4.69) is 13.2 Å². The number of carbonyl (C=O) groups excluding carboxylic acids is 6. The summed E-state index contributed by atoms with van der Waals surface area (Å²) in [7, 11) is 0. The van der Waals surface area contributed by atoms with Crippen LogP contribution in [-0.2, 0) is 57.2 Å². The first-order valence-electron chi connectivity index (χ1n) is 12.9. The summed E-state index contributed by atoms with van der Waals surface area (Å²) in [5.74, 6) is -4.68. The minimum atomic E-state index is -1.24. The second-order valence-electron chi connectivity index (χ2n) is 8.74. The smallest absolute Gasteiger partial charge is 0.333 e. The molecule has 0 radical (unpaired) electrons. The highest BCUT2D eigenvalue weighted by Gasteiger charge is 2.13. The van der Waals surface area contributed by atoms with E-state index in [1.165, 1.54) is 13.8 Å². The van der Waals surface area contributed by atoms with Gasteiger partial charge in [-0.25, -0.2) is 28.8 Å². The van der Waals surface area contributed by atoms with E-state index in [9.17, 15) is 39.0 Å². The number of esters is 6. The maximum absolute atomic E-state index is 11.6. The van der Waals surface area contributed by atoms with Crippen molar-refractivity contribution in [3.05, 3.63) is 48.6 Å². The van der Waals surface area contributed by atoms with Gasteiger partial charge in [-0.1, -0.05) is 13.2 Å². The lowest BCUT2D eigenvalue weighted by Gasteiger charge is -2.11. The van der Waals surface area contributed by atoms with Crippen molar-refractivity contribution in [3.8, 4) is 0 Å². The van der Waals surface area contributed by atoms with Gasteiger partial charge in [-0.15, -0.1) is 0 Å². The number of rotatable bonds is 21. The van der Waals surface area contributed by atoms with E-state index in [0.29, 0.717) is 25.7 Å². The molecule has 0 aromatic rings. The molecule has 42 heavy (non-hydrogen) atoms. The predicted molar refractivity (Wildman–Crippen MR) is 144 cm³/mol. The SMILES string of the molecule is C=C(C)C(=O)OCC(O)COC(=O)C=CC(=O)OCCCCCCOC(=O)C=CC(=O)OCC(O)COC(=O)C(=C)C. The predicted octanol–water partition coefficient (Wildman–Crippen LogP) is 0.792. The van der Waals surface area contributed by atoms with Crippen LogP contribution in [-0.4, -0.2) is 97.9 Å². The van der Waals surface area contributed by atoms with Gasteiger partial charge in [0.05, 0.1) is 13.2 Å². The average molecular weight is 599 g/mol. The lowest BCUT2D eigenvalue weighted by Crippen LogP contribution is -2.25. The maximum Gasteiger partial charge on any atom is 0.333 e. The van der Waals surface area contributed by atoms with Gasteiger partial charge in [0, 0.05) is 35.5 Å². The normalized spacial score (nSPS) is 12.2. The first kappa shape index (κ1) is 37.7. The van der Waals surface area contributed by atoms with Crippen LogP contribution in [0, 0.1) is 0 Å². The van der Waals surface area contributed by atoms with Gasteiger partial charge in [-0.2, -0.15) is 0 Å². The molecule has 0 aromatic carbocycles. The van der Waals surface area contributed by atoms with Crippen molar-refractivity contribution < 1.29 is 67.4 Å². The van der Waals surface area contributed by atoms with Crippen molar-refractivity contribution in [3.63, 3.8) is 0 Å². The summed E-state index contributed by atoms with van der Waals surface area (Å²) in [5, 5.41) is 19.2. The molecular formula is C28H38O14.